The Balaban J connectivity index is 0.00000225. The number of likely N-dealkylation sites (tertiary alicyclic amines) is 1. The molecule has 4 rings (SSSR count). The van der Waals surface area contributed by atoms with Gasteiger partial charge in [-0.2, -0.15) is 0 Å². The van der Waals surface area contributed by atoms with Gasteiger partial charge in [0.05, 0.1) is 17.1 Å². The number of nitrogens with zero attached hydrogens (tertiary/aromatic N) is 2. The van der Waals surface area contributed by atoms with Gasteiger partial charge in [-0.3, -0.25) is 4.57 Å². The molecule has 2 atom stereocenters. The first-order valence-electron chi connectivity index (χ1n) is 10.7. The lowest BCUT2D eigenvalue weighted by Crippen LogP contribution is -2.46. The molecule has 1 aromatic heterocycles. The van der Waals surface area contributed by atoms with Crippen molar-refractivity contribution in [2.75, 3.05) is 19.7 Å². The van der Waals surface area contributed by atoms with Crippen LogP contribution < -0.4 is 5.69 Å². The monoisotopic (exact) mass is 407 g/mol. The zero-order valence-corrected chi connectivity index (χ0v) is 18.0. The van der Waals surface area contributed by atoms with E-state index in [1.165, 1.54) is 31.2 Å². The predicted molar refractivity (Wildman–Crippen MR) is 117 cm³/mol. The summed E-state index contributed by atoms with van der Waals surface area (Å²) in [5, 5.41) is 0. The van der Waals surface area contributed by atoms with Crippen LogP contribution in [0.4, 0.5) is 0 Å². The number of aromatic amines is 1. The summed E-state index contributed by atoms with van der Waals surface area (Å²) in [6, 6.07) is 7.18. The molecule has 2 aromatic rings. The zero-order chi connectivity index (χ0) is 18.8. The molecule has 0 unspecified atom stereocenters. The number of piperidine rings is 1. The summed E-state index contributed by atoms with van der Waals surface area (Å²) in [6.45, 7) is 7.33. The van der Waals surface area contributed by atoms with Crippen LogP contribution in [0.25, 0.3) is 11.0 Å². The Morgan fingerprint density at radius 2 is 1.93 bits per heavy atom. The Bertz CT molecular complexity index is 823. The molecule has 0 spiro atoms. The molecule has 1 saturated carbocycles. The lowest BCUT2D eigenvalue weighted by Gasteiger charge is -2.41. The summed E-state index contributed by atoms with van der Waals surface area (Å²) in [7, 11) is 0. The van der Waals surface area contributed by atoms with Crippen LogP contribution in [-0.4, -0.2) is 46.3 Å². The molecule has 0 radical (unpaired) electrons. The maximum absolute atomic E-state index is 12.6. The first kappa shape index (κ1) is 21.4. The lowest BCUT2D eigenvalue weighted by molar-refractivity contribution is -0.00714. The summed E-state index contributed by atoms with van der Waals surface area (Å²) < 4.78 is 8.04. The Kier molecular flexibility index (Phi) is 7.24. The summed E-state index contributed by atoms with van der Waals surface area (Å²) >= 11 is 0. The first-order chi connectivity index (χ1) is 13.2. The van der Waals surface area contributed by atoms with Gasteiger partial charge in [-0.05, 0) is 69.6 Å². The minimum Gasteiger partial charge on any atom is -0.378 e. The summed E-state index contributed by atoms with van der Waals surface area (Å²) in [4.78, 5) is 18.2. The molecular formula is C22H34ClN3O2. The van der Waals surface area contributed by atoms with Gasteiger partial charge >= 0.3 is 5.69 Å². The highest BCUT2D eigenvalue weighted by atomic mass is 35.5. The van der Waals surface area contributed by atoms with Gasteiger partial charge in [0.2, 0.25) is 0 Å². The molecule has 2 heterocycles. The van der Waals surface area contributed by atoms with Crippen LogP contribution in [0.3, 0.4) is 0 Å². The smallest absolute Gasteiger partial charge is 0.326 e. The van der Waals surface area contributed by atoms with Crippen molar-refractivity contribution < 1.29 is 4.74 Å². The number of aromatic nitrogens is 2. The van der Waals surface area contributed by atoms with Gasteiger partial charge in [0.15, 0.2) is 0 Å². The number of hydrogen-bond donors (Lipinski definition) is 1. The van der Waals surface area contributed by atoms with Crippen LogP contribution in [0.15, 0.2) is 23.0 Å². The van der Waals surface area contributed by atoms with Crippen molar-refractivity contribution in [3.05, 3.63) is 34.2 Å². The maximum atomic E-state index is 12.6. The third kappa shape index (κ3) is 4.47. The van der Waals surface area contributed by atoms with Crippen molar-refractivity contribution >= 4 is 23.4 Å². The minimum atomic E-state index is 0. The zero-order valence-electron chi connectivity index (χ0n) is 17.2. The normalized spacial score (nSPS) is 24.4. The number of nitrogens with one attached hydrogen (secondary N) is 1. The van der Waals surface area contributed by atoms with E-state index in [4.69, 9.17) is 4.74 Å². The Labute approximate surface area is 173 Å². The van der Waals surface area contributed by atoms with E-state index in [0.717, 1.165) is 50.0 Å². The van der Waals surface area contributed by atoms with E-state index in [1.807, 2.05) is 10.6 Å². The molecular weight excluding hydrogens is 374 g/mol. The van der Waals surface area contributed by atoms with Gasteiger partial charge in [-0.1, -0.05) is 13.0 Å². The summed E-state index contributed by atoms with van der Waals surface area (Å²) in [5.74, 6) is 0. The van der Waals surface area contributed by atoms with Crippen molar-refractivity contribution in [1.29, 1.82) is 0 Å². The molecule has 1 saturated heterocycles. The molecule has 1 aromatic carbocycles. The van der Waals surface area contributed by atoms with Crippen LogP contribution in [-0.2, 0) is 4.74 Å². The van der Waals surface area contributed by atoms with E-state index in [0.29, 0.717) is 18.2 Å². The van der Waals surface area contributed by atoms with E-state index in [9.17, 15) is 4.79 Å². The van der Waals surface area contributed by atoms with Gasteiger partial charge in [0.25, 0.3) is 0 Å². The second kappa shape index (κ2) is 9.47. The molecule has 6 heteroatoms. The topological polar surface area (TPSA) is 50.3 Å². The van der Waals surface area contributed by atoms with Crippen LogP contribution in [0.1, 0.15) is 63.5 Å². The molecule has 2 fully saturated rings. The Hall–Kier alpha value is -1.30. The van der Waals surface area contributed by atoms with E-state index in [1.54, 1.807) is 0 Å². The number of ether oxygens (including phenoxy) is 1. The SMILES string of the molecule is CCCO[C@@H]1CCC[C@H](N2CCC(n3c(=O)[nH]c4ccc(C)cc43)CC2)C1.Cl. The number of benzene rings is 1. The first-order valence-corrected chi connectivity index (χ1v) is 10.7. The quantitative estimate of drug-likeness (QED) is 0.797. The van der Waals surface area contributed by atoms with Gasteiger partial charge in [-0.25, -0.2) is 4.79 Å². The maximum Gasteiger partial charge on any atom is 0.326 e. The molecule has 28 heavy (non-hydrogen) atoms. The number of aryl methyl sites for hydroxylation is 1. The van der Waals surface area contributed by atoms with Crippen LogP contribution >= 0.6 is 12.4 Å². The number of fused-ring (bicyclic) bond motifs is 1. The summed E-state index contributed by atoms with van der Waals surface area (Å²) in [6.07, 6.45) is 8.62. The Morgan fingerprint density at radius 3 is 2.68 bits per heavy atom. The third-order valence-corrected chi connectivity index (χ3v) is 6.41. The lowest BCUT2D eigenvalue weighted by atomic mass is 9.90. The number of hydrogen-bond acceptors (Lipinski definition) is 3. The largest absolute Gasteiger partial charge is 0.378 e. The Morgan fingerprint density at radius 1 is 1.14 bits per heavy atom. The van der Waals surface area contributed by atoms with E-state index < -0.39 is 0 Å². The molecule has 1 aliphatic heterocycles. The summed E-state index contributed by atoms with van der Waals surface area (Å²) in [5.41, 5.74) is 3.26. The number of rotatable bonds is 5. The number of imidazole rings is 1. The van der Waals surface area contributed by atoms with E-state index in [-0.39, 0.29) is 18.1 Å². The fourth-order valence-electron chi connectivity index (χ4n) is 4.99. The van der Waals surface area contributed by atoms with Crippen molar-refractivity contribution in [2.45, 2.75) is 77.0 Å². The average Bonchev–Trinajstić information content (AvgIpc) is 3.01. The number of H-pyrrole nitrogens is 1. The highest BCUT2D eigenvalue weighted by molar-refractivity contribution is 5.85. The van der Waals surface area contributed by atoms with Crippen molar-refractivity contribution in [3.63, 3.8) is 0 Å². The minimum absolute atomic E-state index is 0. The van der Waals surface area contributed by atoms with Gasteiger partial charge in [0, 0.05) is 31.8 Å². The molecule has 156 valence electrons. The highest BCUT2D eigenvalue weighted by Crippen LogP contribution is 2.31. The average molecular weight is 408 g/mol. The molecule has 5 nitrogen and oxygen atoms in total. The second-order valence-electron chi connectivity index (χ2n) is 8.40. The van der Waals surface area contributed by atoms with Crippen molar-refractivity contribution in [1.82, 2.24) is 14.5 Å². The van der Waals surface area contributed by atoms with Gasteiger partial charge in [-0.15, -0.1) is 12.4 Å². The molecule has 2 aliphatic rings. The fourth-order valence-corrected chi connectivity index (χ4v) is 4.99. The standard InChI is InChI=1S/C22H33N3O2.ClH/c1-3-13-27-19-6-4-5-18(15-19)24-11-9-17(10-12-24)25-21-14-16(2)7-8-20(21)23-22(25)26;/h7-8,14,17-19H,3-6,9-13,15H2,1-2H3,(H,23,26);1H/t18-,19+;/m0./s1. The van der Waals surface area contributed by atoms with Crippen molar-refractivity contribution in [3.8, 4) is 0 Å². The van der Waals surface area contributed by atoms with E-state index in [2.05, 4.69) is 35.9 Å². The van der Waals surface area contributed by atoms with Gasteiger partial charge < -0.3 is 14.6 Å². The van der Waals surface area contributed by atoms with Crippen molar-refractivity contribution in [2.24, 2.45) is 0 Å². The number of halogens is 1. The van der Waals surface area contributed by atoms with Crippen LogP contribution in [0.2, 0.25) is 0 Å². The highest BCUT2D eigenvalue weighted by Gasteiger charge is 2.31. The van der Waals surface area contributed by atoms with E-state index >= 15 is 0 Å². The molecule has 0 amide bonds. The fraction of sp³-hybridized carbons (Fsp3) is 0.682. The van der Waals surface area contributed by atoms with Crippen LogP contribution in [0.5, 0.6) is 0 Å². The van der Waals surface area contributed by atoms with Crippen LogP contribution in [0, 0.1) is 6.92 Å². The second-order valence-corrected chi connectivity index (χ2v) is 8.40. The molecule has 1 N–H and O–H groups in total. The molecule has 0 bridgehead atoms. The molecule has 1 aliphatic carbocycles. The third-order valence-electron chi connectivity index (χ3n) is 6.41. The van der Waals surface area contributed by atoms with Gasteiger partial charge in [0.1, 0.15) is 0 Å². The predicted octanol–water partition coefficient (Wildman–Crippen LogP) is 4.43.